The monoisotopic (exact) mass is 421 g/mol. The molecule has 0 N–H and O–H groups in total. The molecule has 0 aliphatic carbocycles. The normalized spacial score (nSPS) is 19.5. The number of hydrogen-bond acceptors (Lipinski definition) is 4. The Hall–Kier alpha value is -3.18. The fraction of sp³-hybridized carbons (Fsp3) is 0.208. The van der Waals surface area contributed by atoms with Crippen LogP contribution in [0.25, 0.3) is 0 Å². The Morgan fingerprint density at radius 2 is 1.73 bits per heavy atom. The van der Waals surface area contributed by atoms with Crippen LogP contribution in [0.15, 0.2) is 72.8 Å². The van der Waals surface area contributed by atoms with Crippen LogP contribution in [0.1, 0.15) is 17.2 Å². The van der Waals surface area contributed by atoms with Gasteiger partial charge in [0.2, 0.25) is 12.9 Å². The van der Waals surface area contributed by atoms with Gasteiger partial charge in [-0.3, -0.25) is 4.79 Å². The maximum Gasteiger partial charge on any atom is 0.266 e. The molecule has 1 amide bonds. The average Bonchev–Trinajstić information content (AvgIpc) is 3.25. The van der Waals surface area contributed by atoms with Crippen LogP contribution in [-0.2, 0) is 11.2 Å². The summed E-state index contributed by atoms with van der Waals surface area (Å²) in [6, 6.07) is 22.7. The van der Waals surface area contributed by atoms with E-state index in [1.807, 2.05) is 77.7 Å². The summed E-state index contributed by atoms with van der Waals surface area (Å²) in [4.78, 5) is 14.8. The van der Waals surface area contributed by atoms with Crippen molar-refractivity contribution in [2.24, 2.45) is 0 Å². The van der Waals surface area contributed by atoms with Crippen molar-refractivity contribution in [2.75, 3.05) is 13.3 Å². The van der Waals surface area contributed by atoms with E-state index in [4.69, 9.17) is 25.8 Å². The van der Waals surface area contributed by atoms with Gasteiger partial charge in [-0.1, -0.05) is 48.0 Å². The number of fused-ring (bicyclic) bond motifs is 1. The Balaban J connectivity index is 1.39. The molecule has 152 valence electrons. The van der Waals surface area contributed by atoms with Crippen LogP contribution in [0, 0.1) is 0 Å². The SMILES string of the molecule is O=C1C(Oc2ccccc2)C(c2ccc3c(c2)OCO3)N1CCc1ccc(Cl)cc1. The Morgan fingerprint density at radius 1 is 0.967 bits per heavy atom. The molecule has 3 aromatic rings. The average molecular weight is 422 g/mol. The molecule has 0 saturated carbocycles. The number of amides is 1. The zero-order chi connectivity index (χ0) is 20.5. The lowest BCUT2D eigenvalue weighted by molar-refractivity contribution is -0.164. The van der Waals surface area contributed by atoms with Crippen molar-refractivity contribution in [3.63, 3.8) is 0 Å². The molecule has 30 heavy (non-hydrogen) atoms. The van der Waals surface area contributed by atoms with Gasteiger partial charge in [0.25, 0.3) is 5.91 Å². The van der Waals surface area contributed by atoms with Crippen LogP contribution in [0.5, 0.6) is 17.2 Å². The number of β-lactam (4-membered cyclic amide) rings is 1. The summed E-state index contributed by atoms with van der Waals surface area (Å²) in [5.41, 5.74) is 2.10. The summed E-state index contributed by atoms with van der Waals surface area (Å²) in [5.74, 6) is 2.08. The predicted molar refractivity (Wildman–Crippen MR) is 113 cm³/mol. The third-order valence-electron chi connectivity index (χ3n) is 5.45. The van der Waals surface area contributed by atoms with Crippen molar-refractivity contribution >= 4 is 17.5 Å². The van der Waals surface area contributed by atoms with Crippen molar-refractivity contribution in [3.05, 3.63) is 88.9 Å². The molecular weight excluding hydrogens is 402 g/mol. The van der Waals surface area contributed by atoms with Gasteiger partial charge in [0, 0.05) is 11.6 Å². The maximum absolute atomic E-state index is 13.0. The zero-order valence-corrected chi connectivity index (χ0v) is 16.9. The summed E-state index contributed by atoms with van der Waals surface area (Å²) >= 11 is 5.98. The van der Waals surface area contributed by atoms with E-state index >= 15 is 0 Å². The molecule has 0 radical (unpaired) electrons. The third kappa shape index (κ3) is 3.57. The van der Waals surface area contributed by atoms with Crippen molar-refractivity contribution in [2.45, 2.75) is 18.6 Å². The van der Waals surface area contributed by atoms with Crippen molar-refractivity contribution < 1.29 is 19.0 Å². The Morgan fingerprint density at radius 3 is 2.53 bits per heavy atom. The minimum Gasteiger partial charge on any atom is -0.478 e. The lowest BCUT2D eigenvalue weighted by Crippen LogP contribution is -2.61. The number of carbonyl (C=O) groups is 1. The number of ether oxygens (including phenoxy) is 3. The molecule has 2 atom stereocenters. The van der Waals surface area contributed by atoms with E-state index in [1.165, 1.54) is 0 Å². The number of likely N-dealkylation sites (tertiary alicyclic amines) is 1. The molecular formula is C24H20ClNO4. The van der Waals surface area contributed by atoms with Crippen molar-refractivity contribution in [1.82, 2.24) is 4.90 Å². The fourth-order valence-corrected chi connectivity index (χ4v) is 4.01. The second-order valence-electron chi connectivity index (χ2n) is 7.32. The molecule has 1 fully saturated rings. The van der Waals surface area contributed by atoms with Gasteiger partial charge in [-0.05, 0) is 53.9 Å². The molecule has 5 nitrogen and oxygen atoms in total. The quantitative estimate of drug-likeness (QED) is 0.544. The molecule has 1 saturated heterocycles. The molecule has 0 spiro atoms. The van der Waals surface area contributed by atoms with E-state index in [1.54, 1.807) is 0 Å². The van der Waals surface area contributed by atoms with E-state index in [0.717, 1.165) is 23.3 Å². The van der Waals surface area contributed by atoms with Crippen LogP contribution in [0.3, 0.4) is 0 Å². The number of carbonyl (C=O) groups excluding carboxylic acids is 1. The van der Waals surface area contributed by atoms with E-state index in [2.05, 4.69) is 0 Å². The summed E-state index contributed by atoms with van der Waals surface area (Å²) in [7, 11) is 0. The van der Waals surface area contributed by atoms with Crippen LogP contribution < -0.4 is 14.2 Å². The number of benzene rings is 3. The van der Waals surface area contributed by atoms with Crippen LogP contribution in [-0.4, -0.2) is 30.2 Å². The first-order chi connectivity index (χ1) is 14.7. The van der Waals surface area contributed by atoms with Gasteiger partial charge in [-0.2, -0.15) is 0 Å². The molecule has 0 bridgehead atoms. The summed E-state index contributed by atoms with van der Waals surface area (Å²) in [5, 5.41) is 0.702. The third-order valence-corrected chi connectivity index (χ3v) is 5.70. The largest absolute Gasteiger partial charge is 0.478 e. The van der Waals surface area contributed by atoms with Gasteiger partial charge in [-0.15, -0.1) is 0 Å². The fourth-order valence-electron chi connectivity index (χ4n) is 3.88. The highest BCUT2D eigenvalue weighted by molar-refractivity contribution is 6.30. The number of para-hydroxylation sites is 1. The summed E-state index contributed by atoms with van der Waals surface area (Å²) < 4.78 is 17.0. The molecule has 2 unspecified atom stereocenters. The first kappa shape index (κ1) is 18.8. The summed E-state index contributed by atoms with van der Waals surface area (Å²) in [6.45, 7) is 0.806. The smallest absolute Gasteiger partial charge is 0.266 e. The Labute approximate surface area is 179 Å². The molecule has 6 heteroatoms. The van der Waals surface area contributed by atoms with Gasteiger partial charge < -0.3 is 19.1 Å². The standard InChI is InChI=1S/C24H20ClNO4/c25-18-9-6-16(7-10-18)12-13-26-22(17-8-11-20-21(14-17)29-15-28-20)23(24(26)27)30-19-4-2-1-3-5-19/h1-11,14,22-23H,12-13,15H2. The highest BCUT2D eigenvalue weighted by atomic mass is 35.5. The highest BCUT2D eigenvalue weighted by Gasteiger charge is 2.50. The molecule has 0 aromatic heterocycles. The number of nitrogens with zero attached hydrogens (tertiary/aromatic N) is 1. The first-order valence-electron chi connectivity index (χ1n) is 9.85. The van der Waals surface area contributed by atoms with Crippen LogP contribution >= 0.6 is 11.6 Å². The maximum atomic E-state index is 13.0. The van der Waals surface area contributed by atoms with Crippen molar-refractivity contribution in [1.29, 1.82) is 0 Å². The van der Waals surface area contributed by atoms with E-state index in [9.17, 15) is 4.79 Å². The molecule has 2 aliphatic rings. The highest BCUT2D eigenvalue weighted by Crippen LogP contribution is 2.42. The molecule has 3 aromatic carbocycles. The summed E-state index contributed by atoms with van der Waals surface area (Å²) in [6.07, 6.45) is 0.167. The minimum absolute atomic E-state index is 0.0181. The molecule has 2 aliphatic heterocycles. The number of halogens is 1. The van der Waals surface area contributed by atoms with Gasteiger partial charge >= 0.3 is 0 Å². The molecule has 5 rings (SSSR count). The molecule has 2 heterocycles. The van der Waals surface area contributed by atoms with Gasteiger partial charge in [0.05, 0.1) is 0 Å². The Kier molecular flexibility index (Phi) is 4.97. The lowest BCUT2D eigenvalue weighted by Gasteiger charge is -2.47. The minimum atomic E-state index is -0.571. The second kappa shape index (κ2) is 7.92. The topological polar surface area (TPSA) is 48.0 Å². The predicted octanol–water partition coefficient (Wildman–Crippen LogP) is 4.64. The van der Waals surface area contributed by atoms with Crippen LogP contribution in [0.4, 0.5) is 0 Å². The zero-order valence-electron chi connectivity index (χ0n) is 16.2. The van der Waals surface area contributed by atoms with Gasteiger partial charge in [0.1, 0.15) is 11.8 Å². The number of hydrogen-bond donors (Lipinski definition) is 0. The Bertz CT molecular complexity index is 1050. The van der Waals surface area contributed by atoms with Crippen LogP contribution in [0.2, 0.25) is 5.02 Å². The van der Waals surface area contributed by atoms with Gasteiger partial charge in [0.15, 0.2) is 11.5 Å². The van der Waals surface area contributed by atoms with E-state index in [0.29, 0.717) is 23.1 Å². The lowest BCUT2D eigenvalue weighted by atomic mass is 9.89. The van der Waals surface area contributed by atoms with E-state index < -0.39 is 6.10 Å². The van der Waals surface area contributed by atoms with Gasteiger partial charge in [-0.25, -0.2) is 0 Å². The number of rotatable bonds is 6. The first-order valence-corrected chi connectivity index (χ1v) is 10.2. The van der Waals surface area contributed by atoms with E-state index in [-0.39, 0.29) is 18.7 Å². The second-order valence-corrected chi connectivity index (χ2v) is 7.75. The van der Waals surface area contributed by atoms with Crippen molar-refractivity contribution in [3.8, 4) is 17.2 Å².